The minimum atomic E-state index is 0.0704. The summed E-state index contributed by atoms with van der Waals surface area (Å²) >= 11 is 1.59. The Morgan fingerprint density at radius 1 is 1.40 bits per heavy atom. The molecule has 2 heterocycles. The van der Waals surface area contributed by atoms with Crippen molar-refractivity contribution in [2.24, 2.45) is 0 Å². The van der Waals surface area contributed by atoms with Crippen LogP contribution in [0.5, 0.6) is 0 Å². The Labute approximate surface area is 123 Å². The van der Waals surface area contributed by atoms with Gasteiger partial charge in [0.15, 0.2) is 5.78 Å². The smallest absolute Gasteiger partial charge is 0.195 e. The van der Waals surface area contributed by atoms with Crippen LogP contribution in [0.1, 0.15) is 46.1 Å². The minimum Gasteiger partial charge on any atom is -0.288 e. The molecule has 4 heteroatoms. The minimum absolute atomic E-state index is 0.0704. The highest BCUT2D eigenvalue weighted by atomic mass is 32.1. The van der Waals surface area contributed by atoms with Crippen LogP contribution >= 0.6 is 11.3 Å². The predicted molar refractivity (Wildman–Crippen MR) is 84.3 cm³/mol. The molecule has 2 rings (SSSR count). The highest BCUT2D eigenvalue weighted by Gasteiger charge is 2.07. The van der Waals surface area contributed by atoms with Crippen LogP contribution in [0.4, 0.5) is 0 Å². The number of allylic oxidation sites excluding steroid dienone is 1. The van der Waals surface area contributed by atoms with Crippen LogP contribution in [-0.4, -0.2) is 15.6 Å². The van der Waals surface area contributed by atoms with Gasteiger partial charge in [-0.25, -0.2) is 0 Å². The van der Waals surface area contributed by atoms with Gasteiger partial charge < -0.3 is 0 Å². The number of carbonyl (C=O) groups is 1. The van der Waals surface area contributed by atoms with Gasteiger partial charge in [-0.15, -0.1) is 11.3 Å². The van der Waals surface area contributed by atoms with Crippen molar-refractivity contribution in [2.45, 2.75) is 40.2 Å². The van der Waals surface area contributed by atoms with Crippen LogP contribution in [-0.2, 0) is 13.0 Å². The third kappa shape index (κ3) is 3.25. The van der Waals surface area contributed by atoms with E-state index in [2.05, 4.69) is 25.0 Å². The van der Waals surface area contributed by atoms with Crippen molar-refractivity contribution in [1.29, 1.82) is 0 Å². The number of rotatable bonds is 6. The van der Waals surface area contributed by atoms with E-state index in [9.17, 15) is 4.79 Å². The van der Waals surface area contributed by atoms with E-state index in [1.165, 1.54) is 4.88 Å². The van der Waals surface area contributed by atoms with E-state index in [1.54, 1.807) is 23.6 Å². The summed E-state index contributed by atoms with van der Waals surface area (Å²) in [5.74, 6) is 0.0704. The summed E-state index contributed by atoms with van der Waals surface area (Å²) in [4.78, 5) is 14.2. The van der Waals surface area contributed by atoms with Gasteiger partial charge in [0.05, 0.1) is 11.1 Å². The Morgan fingerprint density at radius 2 is 2.20 bits per heavy atom. The highest BCUT2D eigenvalue weighted by Crippen LogP contribution is 2.19. The molecule has 0 fully saturated rings. The first-order valence-corrected chi connectivity index (χ1v) is 7.80. The molecule has 0 bridgehead atoms. The molecule has 0 aliphatic heterocycles. The van der Waals surface area contributed by atoms with Gasteiger partial charge in [0, 0.05) is 22.7 Å². The summed E-state index contributed by atoms with van der Waals surface area (Å²) < 4.78 is 1.93. The second-order valence-corrected chi connectivity index (χ2v) is 5.88. The molecule has 2 aromatic heterocycles. The lowest BCUT2D eigenvalue weighted by molar-refractivity contribution is 0.105. The Bertz CT molecular complexity index is 622. The third-order valence-electron chi connectivity index (χ3n) is 3.26. The number of carbonyl (C=O) groups excluding carboxylic acids is 1. The summed E-state index contributed by atoms with van der Waals surface area (Å²) in [6.45, 7) is 7.07. The standard InChI is InChI=1S/C16H20N2OS/c1-4-6-14-8-10-16(20-14)15(19)9-7-13-11-17-18(5-2)12(13)3/h7-11H,4-6H2,1-3H3/b9-7+. The van der Waals surface area contributed by atoms with E-state index in [0.29, 0.717) is 0 Å². The van der Waals surface area contributed by atoms with Crippen LogP contribution in [0.3, 0.4) is 0 Å². The van der Waals surface area contributed by atoms with Crippen molar-refractivity contribution in [3.8, 4) is 0 Å². The van der Waals surface area contributed by atoms with Crippen molar-refractivity contribution < 1.29 is 4.79 Å². The lowest BCUT2D eigenvalue weighted by Crippen LogP contribution is -1.98. The molecule has 2 aromatic rings. The van der Waals surface area contributed by atoms with Gasteiger partial charge in [0.25, 0.3) is 0 Å². The molecular weight excluding hydrogens is 268 g/mol. The van der Waals surface area contributed by atoms with Crippen molar-refractivity contribution in [1.82, 2.24) is 9.78 Å². The molecule has 0 amide bonds. The van der Waals surface area contributed by atoms with E-state index in [-0.39, 0.29) is 5.78 Å². The van der Waals surface area contributed by atoms with E-state index < -0.39 is 0 Å². The van der Waals surface area contributed by atoms with Crippen LogP contribution in [0.15, 0.2) is 24.4 Å². The van der Waals surface area contributed by atoms with Crippen LogP contribution < -0.4 is 0 Å². The zero-order valence-electron chi connectivity index (χ0n) is 12.2. The first kappa shape index (κ1) is 14.7. The fourth-order valence-corrected chi connectivity index (χ4v) is 3.11. The quantitative estimate of drug-likeness (QED) is 0.592. The van der Waals surface area contributed by atoms with E-state index in [1.807, 2.05) is 23.7 Å². The van der Waals surface area contributed by atoms with Crippen molar-refractivity contribution in [3.05, 3.63) is 45.4 Å². The molecule has 0 unspecified atom stereocenters. The number of hydrogen-bond acceptors (Lipinski definition) is 3. The van der Waals surface area contributed by atoms with Crippen LogP contribution in [0, 0.1) is 6.92 Å². The molecule has 0 aliphatic carbocycles. The summed E-state index contributed by atoms with van der Waals surface area (Å²) in [5, 5.41) is 4.27. The number of hydrogen-bond donors (Lipinski definition) is 0. The zero-order valence-corrected chi connectivity index (χ0v) is 13.0. The third-order valence-corrected chi connectivity index (χ3v) is 4.42. The largest absolute Gasteiger partial charge is 0.288 e. The van der Waals surface area contributed by atoms with Gasteiger partial charge in [-0.3, -0.25) is 9.48 Å². The van der Waals surface area contributed by atoms with Crippen LogP contribution in [0.25, 0.3) is 6.08 Å². The lowest BCUT2D eigenvalue weighted by Gasteiger charge is -1.98. The molecule has 0 saturated heterocycles. The van der Waals surface area contributed by atoms with E-state index >= 15 is 0 Å². The van der Waals surface area contributed by atoms with Crippen molar-refractivity contribution in [3.63, 3.8) is 0 Å². The van der Waals surface area contributed by atoms with Gasteiger partial charge in [0.1, 0.15) is 0 Å². The average Bonchev–Trinajstić information content (AvgIpc) is 3.04. The predicted octanol–water partition coefficient (Wildman–Crippen LogP) is 4.12. The Balaban J connectivity index is 2.09. The fourth-order valence-electron chi connectivity index (χ4n) is 2.08. The number of ketones is 1. The number of aryl methyl sites for hydroxylation is 2. The first-order valence-electron chi connectivity index (χ1n) is 6.99. The first-order chi connectivity index (χ1) is 9.65. The summed E-state index contributed by atoms with van der Waals surface area (Å²) in [5.41, 5.74) is 2.10. The van der Waals surface area contributed by atoms with Gasteiger partial charge >= 0.3 is 0 Å². The molecular formula is C16H20N2OS. The number of thiophene rings is 1. The van der Waals surface area contributed by atoms with Gasteiger partial charge in [0.2, 0.25) is 0 Å². The second kappa shape index (κ2) is 6.66. The molecule has 0 N–H and O–H groups in total. The summed E-state index contributed by atoms with van der Waals surface area (Å²) in [6.07, 6.45) is 7.46. The summed E-state index contributed by atoms with van der Waals surface area (Å²) in [6, 6.07) is 3.97. The zero-order chi connectivity index (χ0) is 14.5. The van der Waals surface area contributed by atoms with Gasteiger partial charge in [-0.2, -0.15) is 5.10 Å². The maximum Gasteiger partial charge on any atom is 0.195 e. The normalized spacial score (nSPS) is 11.3. The van der Waals surface area contributed by atoms with Crippen molar-refractivity contribution in [2.75, 3.05) is 0 Å². The Morgan fingerprint density at radius 3 is 2.85 bits per heavy atom. The molecule has 20 heavy (non-hydrogen) atoms. The average molecular weight is 288 g/mol. The van der Waals surface area contributed by atoms with E-state index in [0.717, 1.165) is 35.5 Å². The van der Waals surface area contributed by atoms with Crippen molar-refractivity contribution >= 4 is 23.2 Å². The number of aromatic nitrogens is 2. The summed E-state index contributed by atoms with van der Waals surface area (Å²) in [7, 11) is 0. The highest BCUT2D eigenvalue weighted by molar-refractivity contribution is 7.14. The topological polar surface area (TPSA) is 34.9 Å². The molecule has 0 spiro atoms. The molecule has 0 aliphatic rings. The number of nitrogens with zero attached hydrogens (tertiary/aromatic N) is 2. The van der Waals surface area contributed by atoms with Crippen LogP contribution in [0.2, 0.25) is 0 Å². The molecule has 3 nitrogen and oxygen atoms in total. The lowest BCUT2D eigenvalue weighted by atomic mass is 10.2. The molecule has 0 radical (unpaired) electrons. The molecule has 0 atom stereocenters. The molecule has 106 valence electrons. The SMILES string of the molecule is CCCc1ccc(C(=O)/C=C/c2cnn(CC)c2C)s1. The Hall–Kier alpha value is -1.68. The maximum absolute atomic E-state index is 12.1. The van der Waals surface area contributed by atoms with E-state index in [4.69, 9.17) is 0 Å². The molecule has 0 saturated carbocycles. The monoisotopic (exact) mass is 288 g/mol. The Kier molecular flexibility index (Phi) is 4.90. The second-order valence-electron chi connectivity index (χ2n) is 4.71. The maximum atomic E-state index is 12.1. The van der Waals surface area contributed by atoms with Gasteiger partial charge in [-0.05, 0) is 44.6 Å². The van der Waals surface area contributed by atoms with Gasteiger partial charge in [-0.1, -0.05) is 13.3 Å². The fraction of sp³-hybridized carbons (Fsp3) is 0.375. The molecule has 0 aromatic carbocycles.